The highest BCUT2D eigenvalue weighted by Crippen LogP contribution is 2.30. The highest BCUT2D eigenvalue weighted by molar-refractivity contribution is 7.22. The van der Waals surface area contributed by atoms with Gasteiger partial charge in [-0.25, -0.2) is 4.98 Å². The largest absolute Gasteiger partial charge is 0.330 e. The summed E-state index contributed by atoms with van der Waals surface area (Å²) in [6.07, 6.45) is 3.58. The molecule has 0 bridgehead atoms. The first-order valence-corrected chi connectivity index (χ1v) is 6.65. The van der Waals surface area contributed by atoms with E-state index < -0.39 is 0 Å². The topological polar surface area (TPSA) is 37.8 Å². The predicted molar refractivity (Wildman–Crippen MR) is 76.9 cm³/mol. The van der Waals surface area contributed by atoms with Crippen LogP contribution in [0.3, 0.4) is 0 Å². The third-order valence-electron chi connectivity index (χ3n) is 2.63. The van der Waals surface area contributed by atoms with E-state index in [1.54, 1.807) is 23.7 Å². The van der Waals surface area contributed by atoms with E-state index in [0.717, 1.165) is 31.6 Å². The number of hydrogen-bond donors (Lipinski definition) is 1. The molecule has 0 atom stereocenters. The van der Waals surface area contributed by atoms with Crippen molar-refractivity contribution in [3.05, 3.63) is 47.2 Å². The van der Waals surface area contributed by atoms with Gasteiger partial charge < -0.3 is 5.32 Å². The molecule has 0 fully saturated rings. The van der Waals surface area contributed by atoms with E-state index in [-0.39, 0.29) is 0 Å². The Labute approximate surface area is 113 Å². The van der Waals surface area contributed by atoms with Gasteiger partial charge in [-0.15, -0.1) is 0 Å². The number of anilines is 2. The molecule has 5 heteroatoms. The minimum absolute atomic E-state index is 0.732. The summed E-state index contributed by atoms with van der Waals surface area (Å²) in [6, 6.07) is 7.67. The van der Waals surface area contributed by atoms with Crippen LogP contribution in [-0.4, -0.2) is 9.97 Å². The summed E-state index contributed by atoms with van der Waals surface area (Å²) in [5.74, 6) is 0. The van der Waals surface area contributed by atoms with Gasteiger partial charge in [0.1, 0.15) is 0 Å². The molecule has 0 saturated heterocycles. The number of hydrogen-bond acceptors (Lipinski definition) is 4. The van der Waals surface area contributed by atoms with E-state index in [4.69, 9.17) is 11.6 Å². The molecule has 0 aliphatic heterocycles. The summed E-state index contributed by atoms with van der Waals surface area (Å²) < 4.78 is 1.08. The van der Waals surface area contributed by atoms with Crippen LogP contribution in [0.25, 0.3) is 10.2 Å². The molecule has 2 heterocycles. The number of fused-ring (bicyclic) bond motifs is 1. The summed E-state index contributed by atoms with van der Waals surface area (Å²) >= 11 is 7.54. The van der Waals surface area contributed by atoms with Crippen molar-refractivity contribution in [2.75, 3.05) is 5.32 Å². The van der Waals surface area contributed by atoms with Crippen molar-refractivity contribution in [2.24, 2.45) is 0 Å². The second-order valence-corrected chi connectivity index (χ2v) is 5.41. The van der Waals surface area contributed by atoms with Gasteiger partial charge in [-0.05, 0) is 36.8 Å². The second-order valence-electron chi connectivity index (χ2n) is 3.95. The van der Waals surface area contributed by atoms with Gasteiger partial charge in [0.25, 0.3) is 0 Å². The molecule has 18 heavy (non-hydrogen) atoms. The Morgan fingerprint density at radius 1 is 1.28 bits per heavy atom. The van der Waals surface area contributed by atoms with Crippen molar-refractivity contribution in [3.63, 3.8) is 0 Å². The number of benzene rings is 1. The monoisotopic (exact) mass is 275 g/mol. The fraction of sp³-hybridized carbons (Fsp3) is 0.0769. The molecule has 3 nitrogen and oxygen atoms in total. The quantitative estimate of drug-likeness (QED) is 0.753. The fourth-order valence-electron chi connectivity index (χ4n) is 1.66. The van der Waals surface area contributed by atoms with E-state index >= 15 is 0 Å². The average Bonchev–Trinajstić information content (AvgIpc) is 2.73. The molecule has 3 aromatic rings. The predicted octanol–water partition coefficient (Wildman–Crippen LogP) is 4.40. The van der Waals surface area contributed by atoms with Crippen LogP contribution >= 0.6 is 22.9 Å². The van der Waals surface area contributed by atoms with Crippen LogP contribution in [0.5, 0.6) is 0 Å². The number of nitrogens with one attached hydrogen (secondary N) is 1. The van der Waals surface area contributed by atoms with E-state index in [0.29, 0.717) is 0 Å². The SMILES string of the molecule is Cc1ccncc1Nc1nc2ccc(Cl)cc2s1. The third kappa shape index (κ3) is 2.17. The summed E-state index contributed by atoms with van der Waals surface area (Å²) in [5, 5.41) is 4.86. The van der Waals surface area contributed by atoms with Gasteiger partial charge in [0.2, 0.25) is 0 Å². The zero-order valence-corrected chi connectivity index (χ0v) is 11.2. The van der Waals surface area contributed by atoms with Crippen LogP contribution in [0.4, 0.5) is 10.8 Å². The molecule has 3 rings (SSSR count). The molecule has 2 aromatic heterocycles. The molecule has 0 saturated carbocycles. The van der Waals surface area contributed by atoms with Gasteiger partial charge in [-0.1, -0.05) is 22.9 Å². The summed E-state index contributed by atoms with van der Waals surface area (Å²) in [5.41, 5.74) is 3.07. The third-order valence-corrected chi connectivity index (χ3v) is 3.80. The fourth-order valence-corrected chi connectivity index (χ4v) is 2.82. The first kappa shape index (κ1) is 11.4. The first-order chi connectivity index (χ1) is 8.72. The summed E-state index contributed by atoms with van der Waals surface area (Å²) in [6.45, 7) is 2.04. The highest BCUT2D eigenvalue weighted by atomic mass is 35.5. The molecule has 1 N–H and O–H groups in total. The highest BCUT2D eigenvalue weighted by Gasteiger charge is 2.05. The molecule has 90 valence electrons. The van der Waals surface area contributed by atoms with Gasteiger partial charge in [0.05, 0.1) is 22.1 Å². The molecular formula is C13H10ClN3S. The van der Waals surface area contributed by atoms with E-state index in [9.17, 15) is 0 Å². The zero-order valence-electron chi connectivity index (χ0n) is 9.64. The number of aryl methyl sites for hydroxylation is 1. The second kappa shape index (κ2) is 4.55. The lowest BCUT2D eigenvalue weighted by Gasteiger charge is -2.04. The minimum atomic E-state index is 0.732. The number of aromatic nitrogens is 2. The number of thiazole rings is 1. The number of rotatable bonds is 2. The van der Waals surface area contributed by atoms with Crippen molar-refractivity contribution in [1.82, 2.24) is 9.97 Å². The molecule has 0 amide bonds. The maximum absolute atomic E-state index is 5.96. The standard InChI is InChI=1S/C13H10ClN3S/c1-8-4-5-15-7-11(8)17-13-16-10-3-2-9(14)6-12(10)18-13/h2-7H,1H3,(H,16,17). The summed E-state index contributed by atoms with van der Waals surface area (Å²) in [7, 11) is 0. The molecular weight excluding hydrogens is 266 g/mol. The molecule has 0 unspecified atom stereocenters. The van der Waals surface area contributed by atoms with Crippen molar-refractivity contribution >= 4 is 44.0 Å². The molecule has 0 spiro atoms. The Morgan fingerprint density at radius 2 is 2.17 bits per heavy atom. The average molecular weight is 276 g/mol. The van der Waals surface area contributed by atoms with Crippen molar-refractivity contribution < 1.29 is 0 Å². The summed E-state index contributed by atoms with van der Waals surface area (Å²) in [4.78, 5) is 8.61. The van der Waals surface area contributed by atoms with Crippen LogP contribution in [0.15, 0.2) is 36.7 Å². The van der Waals surface area contributed by atoms with Crippen molar-refractivity contribution in [2.45, 2.75) is 6.92 Å². The molecule has 0 aliphatic carbocycles. The van der Waals surface area contributed by atoms with Crippen LogP contribution in [0, 0.1) is 6.92 Å². The lowest BCUT2D eigenvalue weighted by Crippen LogP contribution is -1.92. The Bertz CT molecular complexity index is 708. The van der Waals surface area contributed by atoms with Gasteiger partial charge in [0, 0.05) is 11.2 Å². The minimum Gasteiger partial charge on any atom is -0.330 e. The molecule has 1 aromatic carbocycles. The number of nitrogens with zero attached hydrogens (tertiary/aromatic N) is 2. The first-order valence-electron chi connectivity index (χ1n) is 5.46. The van der Waals surface area contributed by atoms with Crippen molar-refractivity contribution in [3.8, 4) is 0 Å². The van der Waals surface area contributed by atoms with E-state index in [1.807, 2.05) is 31.2 Å². The smallest absolute Gasteiger partial charge is 0.188 e. The van der Waals surface area contributed by atoms with Crippen LogP contribution in [-0.2, 0) is 0 Å². The van der Waals surface area contributed by atoms with Gasteiger partial charge >= 0.3 is 0 Å². The van der Waals surface area contributed by atoms with Gasteiger partial charge in [-0.3, -0.25) is 4.98 Å². The van der Waals surface area contributed by atoms with E-state index in [2.05, 4.69) is 15.3 Å². The Morgan fingerprint density at radius 3 is 3.00 bits per heavy atom. The Hall–Kier alpha value is -1.65. The van der Waals surface area contributed by atoms with Crippen LogP contribution < -0.4 is 5.32 Å². The maximum atomic E-state index is 5.96. The molecule has 0 radical (unpaired) electrons. The molecule has 0 aliphatic rings. The lowest BCUT2D eigenvalue weighted by molar-refractivity contribution is 1.27. The number of halogens is 1. The van der Waals surface area contributed by atoms with Crippen molar-refractivity contribution in [1.29, 1.82) is 0 Å². The zero-order chi connectivity index (χ0) is 12.5. The van der Waals surface area contributed by atoms with E-state index in [1.165, 1.54) is 0 Å². The number of pyridine rings is 1. The van der Waals surface area contributed by atoms with Gasteiger partial charge in [-0.2, -0.15) is 0 Å². The van der Waals surface area contributed by atoms with Crippen LogP contribution in [0.2, 0.25) is 5.02 Å². The normalized spacial score (nSPS) is 10.8. The van der Waals surface area contributed by atoms with Gasteiger partial charge in [0.15, 0.2) is 5.13 Å². The Balaban J connectivity index is 1.98. The Kier molecular flexibility index (Phi) is 2.89. The van der Waals surface area contributed by atoms with Crippen LogP contribution in [0.1, 0.15) is 5.56 Å². The maximum Gasteiger partial charge on any atom is 0.188 e. The lowest BCUT2D eigenvalue weighted by atomic mass is 10.2.